The molecule has 0 spiro atoms. The average Bonchev–Trinajstić information content (AvgIpc) is 3.27. The summed E-state index contributed by atoms with van der Waals surface area (Å²) in [5.74, 6) is -0.761. The van der Waals surface area contributed by atoms with E-state index in [0.717, 1.165) is 9.87 Å². The van der Waals surface area contributed by atoms with Crippen LogP contribution in [0.25, 0.3) is 11.5 Å². The second-order valence-electron chi connectivity index (χ2n) is 7.12. The molecule has 1 amide bonds. The first-order valence-electron chi connectivity index (χ1n) is 9.68. The summed E-state index contributed by atoms with van der Waals surface area (Å²) in [6.45, 7) is 1.38. The van der Waals surface area contributed by atoms with Crippen molar-refractivity contribution in [1.29, 1.82) is 0 Å². The number of nitrogens with one attached hydrogen (secondary N) is 1. The van der Waals surface area contributed by atoms with E-state index in [1.807, 2.05) is 30.3 Å². The van der Waals surface area contributed by atoms with Crippen molar-refractivity contribution in [3.8, 4) is 11.5 Å². The van der Waals surface area contributed by atoms with Crippen molar-refractivity contribution in [2.24, 2.45) is 0 Å². The minimum atomic E-state index is -3.59. The van der Waals surface area contributed by atoms with Gasteiger partial charge in [0, 0.05) is 25.2 Å². The number of rotatable bonds is 8. The number of nitrogens with zero attached hydrogens (tertiary/aromatic N) is 2. The fourth-order valence-corrected chi connectivity index (χ4v) is 3.59. The first-order chi connectivity index (χ1) is 15.2. The van der Waals surface area contributed by atoms with Gasteiger partial charge >= 0.3 is 5.97 Å². The highest BCUT2D eigenvalue weighted by atomic mass is 32.2. The molecule has 0 aliphatic rings. The Bertz CT molecular complexity index is 1190. The van der Waals surface area contributed by atoms with Crippen molar-refractivity contribution >= 4 is 21.9 Å². The van der Waals surface area contributed by atoms with Crippen molar-refractivity contribution < 1.29 is 27.2 Å². The number of carbonyl (C=O) groups is 2. The standard InChI is InChI=1S/C22H23N3O6S/c1-15(23-20(26)16-9-11-19(12-10-16)32(28,29)25(2)3)22(27)31-14-18-13-30-21(24-18)17-7-5-4-6-8-17/h4-13,15H,14H2,1-3H3,(H,23,26)/t15-/m1/s1. The van der Waals surface area contributed by atoms with Crippen LogP contribution >= 0.6 is 0 Å². The highest BCUT2D eigenvalue weighted by Crippen LogP contribution is 2.18. The minimum absolute atomic E-state index is 0.0639. The van der Waals surface area contributed by atoms with Gasteiger partial charge in [0.15, 0.2) is 0 Å². The lowest BCUT2D eigenvalue weighted by Gasteiger charge is -2.14. The zero-order valence-corrected chi connectivity index (χ0v) is 18.6. The topological polar surface area (TPSA) is 119 Å². The molecule has 0 bridgehead atoms. The molecule has 0 aliphatic heterocycles. The van der Waals surface area contributed by atoms with E-state index in [-0.39, 0.29) is 17.1 Å². The SMILES string of the molecule is C[C@@H](NC(=O)c1ccc(S(=O)(=O)N(C)C)cc1)C(=O)OCc1coc(-c2ccccc2)n1. The van der Waals surface area contributed by atoms with Crippen LogP contribution in [0.5, 0.6) is 0 Å². The molecule has 0 fully saturated rings. The molecule has 1 aromatic heterocycles. The van der Waals surface area contributed by atoms with Gasteiger partial charge in [-0.05, 0) is 43.3 Å². The third-order valence-corrected chi connectivity index (χ3v) is 6.36. The molecule has 10 heteroatoms. The second-order valence-corrected chi connectivity index (χ2v) is 9.28. The quantitative estimate of drug-likeness (QED) is 0.516. The number of amides is 1. The minimum Gasteiger partial charge on any atom is -0.458 e. The number of oxazole rings is 1. The van der Waals surface area contributed by atoms with Gasteiger partial charge < -0.3 is 14.5 Å². The first-order valence-corrected chi connectivity index (χ1v) is 11.1. The Kier molecular flexibility index (Phi) is 7.06. The predicted molar refractivity (Wildman–Crippen MR) is 116 cm³/mol. The number of carbonyl (C=O) groups excluding carboxylic acids is 2. The number of esters is 1. The lowest BCUT2D eigenvalue weighted by atomic mass is 10.2. The van der Waals surface area contributed by atoms with Crippen LogP contribution in [-0.2, 0) is 26.2 Å². The molecule has 2 aromatic carbocycles. The van der Waals surface area contributed by atoms with Gasteiger partial charge in [-0.25, -0.2) is 22.5 Å². The van der Waals surface area contributed by atoms with Crippen LogP contribution in [0.15, 0.2) is 70.2 Å². The van der Waals surface area contributed by atoms with Gasteiger partial charge in [0.2, 0.25) is 15.9 Å². The summed E-state index contributed by atoms with van der Waals surface area (Å²) in [6.07, 6.45) is 1.40. The Balaban J connectivity index is 1.54. The predicted octanol–water partition coefficient (Wildman–Crippen LogP) is 2.45. The summed E-state index contributed by atoms with van der Waals surface area (Å²) in [4.78, 5) is 29.0. The van der Waals surface area contributed by atoms with E-state index in [9.17, 15) is 18.0 Å². The van der Waals surface area contributed by atoms with Crippen LogP contribution in [0.4, 0.5) is 0 Å². The van der Waals surface area contributed by atoms with Crippen molar-refractivity contribution in [3.05, 3.63) is 72.1 Å². The number of benzene rings is 2. The Morgan fingerprint density at radius 1 is 1.09 bits per heavy atom. The van der Waals surface area contributed by atoms with E-state index in [4.69, 9.17) is 9.15 Å². The lowest BCUT2D eigenvalue weighted by Crippen LogP contribution is -2.39. The number of hydrogen-bond acceptors (Lipinski definition) is 7. The molecule has 9 nitrogen and oxygen atoms in total. The largest absolute Gasteiger partial charge is 0.458 e. The summed E-state index contributed by atoms with van der Waals surface area (Å²) in [5, 5.41) is 2.53. The van der Waals surface area contributed by atoms with Crippen molar-refractivity contribution in [1.82, 2.24) is 14.6 Å². The van der Waals surface area contributed by atoms with Crippen LogP contribution in [0, 0.1) is 0 Å². The molecule has 32 heavy (non-hydrogen) atoms. The number of aromatic nitrogens is 1. The van der Waals surface area contributed by atoms with E-state index in [1.165, 1.54) is 51.5 Å². The Morgan fingerprint density at radius 2 is 1.75 bits per heavy atom. The Morgan fingerprint density at radius 3 is 2.38 bits per heavy atom. The van der Waals surface area contributed by atoms with Gasteiger partial charge in [0.25, 0.3) is 5.91 Å². The fraction of sp³-hybridized carbons (Fsp3) is 0.227. The summed E-state index contributed by atoms with van der Waals surface area (Å²) in [6, 6.07) is 13.8. The Hall–Kier alpha value is -3.50. The van der Waals surface area contributed by atoms with Crippen molar-refractivity contribution in [2.45, 2.75) is 24.5 Å². The Labute approximate surface area is 186 Å². The molecule has 0 saturated heterocycles. The third-order valence-electron chi connectivity index (χ3n) is 4.53. The highest BCUT2D eigenvalue weighted by molar-refractivity contribution is 7.89. The molecule has 1 atom stereocenters. The number of ether oxygens (including phenoxy) is 1. The maximum Gasteiger partial charge on any atom is 0.328 e. The molecule has 0 radical (unpaired) electrons. The fourth-order valence-electron chi connectivity index (χ4n) is 2.68. The van der Waals surface area contributed by atoms with Gasteiger partial charge in [-0.3, -0.25) is 4.79 Å². The smallest absolute Gasteiger partial charge is 0.328 e. The van der Waals surface area contributed by atoms with E-state index in [1.54, 1.807) is 0 Å². The van der Waals surface area contributed by atoms with Crippen molar-refractivity contribution in [3.63, 3.8) is 0 Å². The summed E-state index contributed by atoms with van der Waals surface area (Å²) in [5.41, 5.74) is 1.45. The zero-order chi connectivity index (χ0) is 23.3. The van der Waals surface area contributed by atoms with Gasteiger partial charge in [-0.2, -0.15) is 0 Å². The molecule has 0 saturated carbocycles. The molecular weight excluding hydrogens is 434 g/mol. The normalized spacial score (nSPS) is 12.4. The molecule has 168 valence electrons. The molecule has 3 aromatic rings. The molecular formula is C22H23N3O6S. The summed E-state index contributed by atoms with van der Waals surface area (Å²) >= 11 is 0. The van der Waals surface area contributed by atoms with Gasteiger partial charge in [-0.15, -0.1) is 0 Å². The average molecular weight is 458 g/mol. The van der Waals surface area contributed by atoms with Crippen molar-refractivity contribution in [2.75, 3.05) is 14.1 Å². The van der Waals surface area contributed by atoms with E-state index >= 15 is 0 Å². The van der Waals surface area contributed by atoms with E-state index in [0.29, 0.717) is 11.6 Å². The van der Waals surface area contributed by atoms with Gasteiger partial charge in [0.05, 0.1) is 4.90 Å². The number of sulfonamides is 1. The van der Waals surface area contributed by atoms with Crippen LogP contribution in [-0.4, -0.2) is 49.7 Å². The zero-order valence-electron chi connectivity index (χ0n) is 17.8. The van der Waals surface area contributed by atoms with Gasteiger partial charge in [0.1, 0.15) is 24.6 Å². The number of hydrogen-bond donors (Lipinski definition) is 1. The van der Waals surface area contributed by atoms with Crippen LogP contribution < -0.4 is 5.32 Å². The monoisotopic (exact) mass is 457 g/mol. The molecule has 0 unspecified atom stereocenters. The lowest BCUT2D eigenvalue weighted by molar-refractivity contribution is -0.146. The maximum atomic E-state index is 12.4. The summed E-state index contributed by atoms with van der Waals surface area (Å²) in [7, 11) is -0.749. The molecule has 0 aliphatic carbocycles. The van der Waals surface area contributed by atoms with Crippen LogP contribution in [0.1, 0.15) is 23.0 Å². The van der Waals surface area contributed by atoms with E-state index in [2.05, 4.69) is 10.3 Å². The maximum absolute atomic E-state index is 12.4. The third kappa shape index (κ3) is 5.40. The molecule has 1 heterocycles. The van der Waals surface area contributed by atoms with Crippen LogP contribution in [0.2, 0.25) is 0 Å². The van der Waals surface area contributed by atoms with Gasteiger partial charge in [-0.1, -0.05) is 18.2 Å². The first kappa shape index (κ1) is 23.2. The van der Waals surface area contributed by atoms with Crippen LogP contribution in [0.3, 0.4) is 0 Å². The molecule has 3 rings (SSSR count). The molecule has 1 N–H and O–H groups in total. The van der Waals surface area contributed by atoms with E-state index < -0.39 is 27.9 Å². The summed E-state index contributed by atoms with van der Waals surface area (Å²) < 4.78 is 35.9. The second kappa shape index (κ2) is 9.75. The highest BCUT2D eigenvalue weighted by Gasteiger charge is 2.21.